The quantitative estimate of drug-likeness (QED) is 0.337. The summed E-state index contributed by atoms with van der Waals surface area (Å²) in [4.78, 5) is 0. The van der Waals surface area contributed by atoms with Crippen molar-refractivity contribution in [2.24, 2.45) is 0 Å². The summed E-state index contributed by atoms with van der Waals surface area (Å²) in [5, 5.41) is 16.1. The van der Waals surface area contributed by atoms with Gasteiger partial charge in [0.05, 0.1) is 12.1 Å². The van der Waals surface area contributed by atoms with Gasteiger partial charge in [0, 0.05) is 12.8 Å². The number of hydrogen-bond donors (Lipinski definition) is 0. The molecule has 0 aliphatic heterocycles. The number of nitrogens with zero attached hydrogens (tertiary/aromatic N) is 2. The number of halogens is 6. The Morgan fingerprint density at radius 1 is 0.750 bits per heavy atom. The molecule has 10 heteroatoms. The van der Waals surface area contributed by atoms with Gasteiger partial charge in [-0.25, -0.2) is 0 Å². The molecule has 0 aromatic heterocycles. The Labute approximate surface area is 101 Å². The van der Waals surface area contributed by atoms with Crippen LogP contribution in [0.1, 0.15) is 25.7 Å². The van der Waals surface area contributed by atoms with Crippen LogP contribution in [0.25, 0.3) is 0 Å². The number of rotatable bonds is 3. The van der Waals surface area contributed by atoms with Crippen LogP contribution in [0.4, 0.5) is 25.2 Å². The van der Waals surface area contributed by atoms with Gasteiger partial charge in [-0.3, -0.25) is 0 Å². The topological polar surface area (TPSA) is 47.6 Å². The summed E-state index contributed by atoms with van der Waals surface area (Å²) < 4.78 is 59.2. The Bertz CT molecular complexity index is 245. The van der Waals surface area contributed by atoms with Crippen molar-refractivity contribution in [2.75, 3.05) is 0 Å². The van der Waals surface area contributed by atoms with Crippen LogP contribution < -0.4 is 18.9 Å². The molecule has 0 aromatic carbocycles. The zero-order valence-electron chi connectivity index (χ0n) is 8.44. The number of nitriles is 2. The van der Waals surface area contributed by atoms with Crippen molar-refractivity contribution in [1.29, 1.82) is 10.5 Å². The fourth-order valence-corrected chi connectivity index (χ4v) is 0.408. The Kier molecular flexibility index (Phi) is 8.31. The van der Waals surface area contributed by atoms with E-state index in [4.69, 9.17) is 10.5 Å². The number of unbranched alkanes of at least 4 members (excludes halogenated alkanes) is 3. The molecule has 0 bridgehead atoms. The third-order valence-corrected chi connectivity index (χ3v) is 0.827. The summed E-state index contributed by atoms with van der Waals surface area (Å²) in [7, 11) is -10.7. The normalized spacial score (nSPS) is 13.8. The molecule has 90 valence electrons. The summed E-state index contributed by atoms with van der Waals surface area (Å²) in [6, 6.07) is 4.03. The van der Waals surface area contributed by atoms with Gasteiger partial charge >= 0.3 is 51.9 Å². The monoisotopic (exact) mass is 260 g/mol. The standard InChI is InChI=1S/C6H8N2.F6P.Li/c7-5-3-1-2-4-6-8;1-7(2,3,4,5)6;/h1-4H2;;/q;-1;+1. The van der Waals surface area contributed by atoms with Crippen molar-refractivity contribution in [3.8, 4) is 12.1 Å². The molecule has 0 saturated carbocycles. The van der Waals surface area contributed by atoms with Crippen LogP contribution in [0.15, 0.2) is 0 Å². The molecule has 0 aliphatic carbocycles. The van der Waals surface area contributed by atoms with Gasteiger partial charge in [0.25, 0.3) is 0 Å². The molecule has 16 heavy (non-hydrogen) atoms. The average Bonchev–Trinajstić information content (AvgIpc) is 1.92. The molecular formula is C6H8F6LiN2P. The van der Waals surface area contributed by atoms with Gasteiger partial charge in [0.2, 0.25) is 0 Å². The van der Waals surface area contributed by atoms with Crippen LogP contribution in [-0.4, -0.2) is 0 Å². The second kappa shape index (κ2) is 6.35. The minimum absolute atomic E-state index is 0. The van der Waals surface area contributed by atoms with E-state index < -0.39 is 7.81 Å². The van der Waals surface area contributed by atoms with Gasteiger partial charge in [0.1, 0.15) is 0 Å². The third kappa shape index (κ3) is 102. The van der Waals surface area contributed by atoms with Crippen molar-refractivity contribution in [3.63, 3.8) is 0 Å². The molecule has 0 heterocycles. The van der Waals surface area contributed by atoms with Crippen molar-refractivity contribution >= 4 is 7.81 Å². The molecule has 0 rings (SSSR count). The molecule has 0 unspecified atom stereocenters. The van der Waals surface area contributed by atoms with Crippen LogP contribution in [0.5, 0.6) is 0 Å². The van der Waals surface area contributed by atoms with Crippen LogP contribution in [-0.2, 0) is 0 Å². The molecule has 0 fully saturated rings. The summed E-state index contributed by atoms with van der Waals surface area (Å²) in [6.07, 6.45) is 2.90. The molecule has 2 nitrogen and oxygen atoms in total. The predicted octanol–water partition coefficient (Wildman–Crippen LogP) is 1.98. The molecule has 0 spiro atoms. The van der Waals surface area contributed by atoms with Crippen molar-refractivity contribution < 1.29 is 44.0 Å². The van der Waals surface area contributed by atoms with E-state index >= 15 is 0 Å². The first kappa shape index (κ1) is 20.9. The largest absolute Gasteiger partial charge is 1.00 e. The maximum atomic E-state index is 9.87. The van der Waals surface area contributed by atoms with E-state index in [1.807, 2.05) is 12.1 Å². The summed E-state index contributed by atoms with van der Waals surface area (Å²) in [5.41, 5.74) is 0. The van der Waals surface area contributed by atoms with Gasteiger partial charge in [-0.15, -0.1) is 0 Å². The van der Waals surface area contributed by atoms with Crippen molar-refractivity contribution in [2.45, 2.75) is 25.7 Å². The fourth-order valence-electron chi connectivity index (χ4n) is 0.408. The molecule has 0 radical (unpaired) electrons. The summed E-state index contributed by atoms with van der Waals surface area (Å²) in [5.74, 6) is 0. The zero-order chi connectivity index (χ0) is 12.7. The smallest absolute Gasteiger partial charge is 0.198 e. The Hall–Kier alpha value is -0.413. The zero-order valence-corrected chi connectivity index (χ0v) is 9.33. The second-order valence-electron chi connectivity index (χ2n) is 2.48. The van der Waals surface area contributed by atoms with Crippen LogP contribution >= 0.6 is 7.81 Å². The van der Waals surface area contributed by atoms with E-state index in [-0.39, 0.29) is 18.9 Å². The minimum Gasteiger partial charge on any atom is -0.198 e. The Morgan fingerprint density at radius 2 is 0.938 bits per heavy atom. The van der Waals surface area contributed by atoms with Gasteiger partial charge in [-0.05, 0) is 12.8 Å². The van der Waals surface area contributed by atoms with E-state index in [1.54, 1.807) is 0 Å². The van der Waals surface area contributed by atoms with Crippen molar-refractivity contribution in [3.05, 3.63) is 0 Å². The third-order valence-electron chi connectivity index (χ3n) is 0.827. The molecule has 0 amide bonds. The Morgan fingerprint density at radius 3 is 1.06 bits per heavy atom. The molecule has 0 atom stereocenters. The van der Waals surface area contributed by atoms with Crippen LogP contribution in [0, 0.1) is 22.7 Å². The minimum atomic E-state index is -10.7. The molecule has 0 N–H and O–H groups in total. The first-order valence-electron chi connectivity index (χ1n) is 3.67. The maximum Gasteiger partial charge on any atom is 1.00 e. The maximum absolute atomic E-state index is 10.7. The fraction of sp³-hybridized carbons (Fsp3) is 0.667. The van der Waals surface area contributed by atoms with Crippen molar-refractivity contribution in [1.82, 2.24) is 0 Å². The van der Waals surface area contributed by atoms with E-state index in [9.17, 15) is 25.2 Å². The van der Waals surface area contributed by atoms with Gasteiger partial charge in [-0.1, -0.05) is 0 Å². The van der Waals surface area contributed by atoms with Gasteiger partial charge in [0.15, 0.2) is 0 Å². The first-order valence-corrected chi connectivity index (χ1v) is 5.70. The van der Waals surface area contributed by atoms with Crippen LogP contribution in [0.3, 0.4) is 0 Å². The number of hydrogen-bond acceptors (Lipinski definition) is 2. The summed E-state index contributed by atoms with van der Waals surface area (Å²) in [6.45, 7) is 0. The molecule has 0 aliphatic rings. The predicted molar refractivity (Wildman–Crippen MR) is 43.3 cm³/mol. The SMILES string of the molecule is F[P-](F)(F)(F)(F)F.N#CCCCCC#N.[Li+]. The molecular weight excluding hydrogens is 252 g/mol. The second-order valence-corrected chi connectivity index (χ2v) is 4.40. The van der Waals surface area contributed by atoms with Crippen LogP contribution in [0.2, 0.25) is 0 Å². The van der Waals surface area contributed by atoms with E-state index in [1.165, 1.54) is 0 Å². The average molecular weight is 260 g/mol. The Balaban J connectivity index is -0.000000200. The van der Waals surface area contributed by atoms with E-state index in [2.05, 4.69) is 0 Å². The van der Waals surface area contributed by atoms with Gasteiger partial charge < -0.3 is 0 Å². The first-order chi connectivity index (χ1) is 6.36. The molecule has 0 saturated heterocycles. The van der Waals surface area contributed by atoms with E-state index in [0.29, 0.717) is 12.8 Å². The molecule has 0 aromatic rings. The van der Waals surface area contributed by atoms with E-state index in [0.717, 1.165) is 12.8 Å². The van der Waals surface area contributed by atoms with Gasteiger partial charge in [-0.2, -0.15) is 10.5 Å². The summed E-state index contributed by atoms with van der Waals surface area (Å²) >= 11 is 0.